The molecule has 30 heavy (non-hydrogen) atoms. The van der Waals surface area contributed by atoms with Crippen molar-refractivity contribution in [1.29, 1.82) is 0 Å². The zero-order valence-electron chi connectivity index (χ0n) is 19.8. The maximum atomic E-state index is 4.83. The highest BCUT2D eigenvalue weighted by atomic mass is 15.2. The molecule has 1 aromatic carbocycles. The molecule has 2 aliphatic rings. The predicted octanol–water partition coefficient (Wildman–Crippen LogP) is 8.13. The van der Waals surface area contributed by atoms with Gasteiger partial charge in [0, 0.05) is 19.5 Å². The van der Waals surface area contributed by atoms with Gasteiger partial charge >= 0.3 is 0 Å². The van der Waals surface area contributed by atoms with Crippen molar-refractivity contribution in [1.82, 2.24) is 4.90 Å². The molecule has 1 aliphatic carbocycles. The summed E-state index contributed by atoms with van der Waals surface area (Å²) in [6.45, 7) is 20.9. The molecule has 3 rings (SSSR count). The Balaban J connectivity index is 0. The van der Waals surface area contributed by atoms with Gasteiger partial charge in [0.25, 0.3) is 0 Å². The zero-order valence-corrected chi connectivity index (χ0v) is 19.8. The van der Waals surface area contributed by atoms with Crippen molar-refractivity contribution in [3.05, 3.63) is 72.9 Å². The first kappa shape index (κ1) is 30.1. The van der Waals surface area contributed by atoms with E-state index in [-0.39, 0.29) is 7.43 Å². The van der Waals surface area contributed by atoms with Crippen molar-refractivity contribution in [2.24, 2.45) is 10.9 Å². The molecule has 2 nitrogen and oxygen atoms in total. The summed E-state index contributed by atoms with van der Waals surface area (Å²) in [5.41, 5.74) is 2.76. The first-order chi connectivity index (χ1) is 14.1. The van der Waals surface area contributed by atoms with Gasteiger partial charge in [-0.05, 0) is 44.6 Å². The quantitative estimate of drug-likeness (QED) is 0.456. The SMILES string of the molecule is C.C=C.CC.CCC1=NC(C)/C=C\C(C)=C/CN1CC1CC1.CCc1ccccc1. The van der Waals surface area contributed by atoms with Crippen molar-refractivity contribution in [2.75, 3.05) is 13.1 Å². The highest BCUT2D eigenvalue weighted by Gasteiger charge is 2.25. The fourth-order valence-electron chi connectivity index (χ4n) is 2.90. The number of rotatable bonds is 4. The third-order valence-electron chi connectivity index (χ3n) is 4.73. The molecule has 170 valence electrons. The molecule has 0 aromatic heterocycles. The molecule has 0 saturated heterocycles. The van der Waals surface area contributed by atoms with Crippen LogP contribution in [0.4, 0.5) is 0 Å². The van der Waals surface area contributed by atoms with E-state index in [9.17, 15) is 0 Å². The summed E-state index contributed by atoms with van der Waals surface area (Å²) in [6, 6.07) is 10.8. The van der Waals surface area contributed by atoms with E-state index in [1.54, 1.807) is 0 Å². The van der Waals surface area contributed by atoms with Crippen LogP contribution in [-0.2, 0) is 6.42 Å². The highest BCUT2D eigenvalue weighted by Crippen LogP contribution is 2.30. The maximum Gasteiger partial charge on any atom is 0.0996 e. The molecule has 0 N–H and O–H groups in total. The number of aryl methyl sites for hydroxylation is 1. The van der Waals surface area contributed by atoms with Gasteiger partial charge in [0.1, 0.15) is 0 Å². The van der Waals surface area contributed by atoms with Gasteiger partial charge in [-0.3, -0.25) is 4.99 Å². The average molecular weight is 413 g/mol. The van der Waals surface area contributed by atoms with Crippen LogP contribution in [0.1, 0.15) is 73.8 Å². The number of amidine groups is 1. The van der Waals surface area contributed by atoms with Crippen LogP contribution < -0.4 is 0 Å². The third-order valence-corrected chi connectivity index (χ3v) is 4.73. The van der Waals surface area contributed by atoms with Crippen LogP contribution >= 0.6 is 0 Å². The van der Waals surface area contributed by atoms with Gasteiger partial charge in [-0.2, -0.15) is 0 Å². The molecular formula is C28H48N2. The van der Waals surface area contributed by atoms with Crippen molar-refractivity contribution in [3.8, 4) is 0 Å². The van der Waals surface area contributed by atoms with E-state index in [1.165, 1.54) is 36.4 Å². The third kappa shape index (κ3) is 13.2. The second kappa shape index (κ2) is 18.9. The van der Waals surface area contributed by atoms with Gasteiger partial charge < -0.3 is 4.90 Å². The van der Waals surface area contributed by atoms with Gasteiger partial charge in [-0.1, -0.05) is 89.3 Å². The fraction of sp³-hybridized carbons (Fsp3) is 0.536. The molecule has 1 unspecified atom stereocenters. The highest BCUT2D eigenvalue weighted by molar-refractivity contribution is 5.82. The van der Waals surface area contributed by atoms with Gasteiger partial charge in [0.2, 0.25) is 0 Å². The van der Waals surface area contributed by atoms with E-state index in [2.05, 4.69) is 88.2 Å². The molecule has 1 heterocycles. The summed E-state index contributed by atoms with van der Waals surface area (Å²) in [6.07, 6.45) is 11.7. The molecule has 2 heteroatoms. The van der Waals surface area contributed by atoms with Gasteiger partial charge in [0.15, 0.2) is 0 Å². The van der Waals surface area contributed by atoms with Crippen LogP contribution in [0.25, 0.3) is 0 Å². The van der Waals surface area contributed by atoms with Gasteiger partial charge in [0.05, 0.1) is 11.9 Å². The lowest BCUT2D eigenvalue weighted by molar-refractivity contribution is 0.427. The number of hydrogen-bond donors (Lipinski definition) is 0. The van der Waals surface area contributed by atoms with Crippen LogP contribution in [0, 0.1) is 5.92 Å². The predicted molar refractivity (Wildman–Crippen MR) is 140 cm³/mol. The summed E-state index contributed by atoms with van der Waals surface area (Å²) in [5, 5.41) is 0. The summed E-state index contributed by atoms with van der Waals surface area (Å²) >= 11 is 0. The number of benzene rings is 1. The van der Waals surface area contributed by atoms with Crippen LogP contribution in [0.15, 0.2) is 72.3 Å². The van der Waals surface area contributed by atoms with E-state index < -0.39 is 0 Å². The molecule has 0 spiro atoms. The smallest absolute Gasteiger partial charge is 0.0996 e. The fourth-order valence-corrected chi connectivity index (χ4v) is 2.90. The Bertz CT molecular complexity index is 609. The minimum Gasteiger partial charge on any atom is -0.356 e. The van der Waals surface area contributed by atoms with Crippen LogP contribution in [0.3, 0.4) is 0 Å². The van der Waals surface area contributed by atoms with Crippen LogP contribution in [0.5, 0.6) is 0 Å². The molecular weight excluding hydrogens is 364 g/mol. The van der Waals surface area contributed by atoms with Crippen molar-refractivity contribution in [2.45, 2.75) is 80.7 Å². The maximum absolute atomic E-state index is 4.83. The van der Waals surface area contributed by atoms with Crippen molar-refractivity contribution < 1.29 is 0 Å². The monoisotopic (exact) mass is 412 g/mol. The summed E-state index contributed by atoms with van der Waals surface area (Å²) < 4.78 is 0. The summed E-state index contributed by atoms with van der Waals surface area (Å²) in [4.78, 5) is 7.31. The normalized spacial score (nSPS) is 20.2. The number of aliphatic imine (C=N–C) groups is 1. The Labute approximate surface area is 188 Å². The minimum atomic E-state index is 0. The number of hydrogen-bond acceptors (Lipinski definition) is 2. The van der Waals surface area contributed by atoms with Crippen molar-refractivity contribution in [3.63, 3.8) is 0 Å². The van der Waals surface area contributed by atoms with Gasteiger partial charge in [-0.15, -0.1) is 13.2 Å². The summed E-state index contributed by atoms with van der Waals surface area (Å²) in [5.74, 6) is 2.20. The second-order valence-electron chi connectivity index (χ2n) is 7.13. The Morgan fingerprint density at radius 3 is 2.10 bits per heavy atom. The Morgan fingerprint density at radius 1 is 1.03 bits per heavy atom. The van der Waals surface area contributed by atoms with Gasteiger partial charge in [-0.25, -0.2) is 0 Å². The second-order valence-corrected chi connectivity index (χ2v) is 7.13. The average Bonchev–Trinajstić information content (AvgIpc) is 3.60. The first-order valence-electron chi connectivity index (χ1n) is 11.3. The standard InChI is InChI=1S/C15H24N2.C8H10.C2H6.C2H4.CH4/c1-4-15-16-13(3)6-5-12(2)9-10-17(15)11-14-7-8-14;1-2-8-6-4-3-5-7-8;2*1-2;/h5-6,9,13-14H,4,7-8,10-11H2,1-3H3;3-7H,2H2,1H3;1-2H3;1-2H2;1H4/b6-5-,12-9-,16-15?;;;;. The lowest BCUT2D eigenvalue weighted by Gasteiger charge is -2.25. The Hall–Kier alpha value is -2.09. The van der Waals surface area contributed by atoms with E-state index in [4.69, 9.17) is 4.99 Å². The molecule has 0 amide bonds. The lowest BCUT2D eigenvalue weighted by atomic mass is 10.2. The Morgan fingerprint density at radius 2 is 1.63 bits per heavy atom. The van der Waals surface area contributed by atoms with E-state index in [1.807, 2.05) is 19.9 Å². The van der Waals surface area contributed by atoms with E-state index in [0.29, 0.717) is 6.04 Å². The largest absolute Gasteiger partial charge is 0.356 e. The van der Waals surface area contributed by atoms with Crippen LogP contribution in [0.2, 0.25) is 0 Å². The number of allylic oxidation sites excluding steroid dienone is 2. The van der Waals surface area contributed by atoms with E-state index in [0.717, 1.165) is 25.3 Å². The lowest BCUT2D eigenvalue weighted by Crippen LogP contribution is -2.33. The first-order valence-corrected chi connectivity index (χ1v) is 11.3. The summed E-state index contributed by atoms with van der Waals surface area (Å²) in [7, 11) is 0. The Kier molecular flexibility index (Phi) is 19.0. The topological polar surface area (TPSA) is 15.6 Å². The van der Waals surface area contributed by atoms with Crippen LogP contribution in [-0.4, -0.2) is 29.9 Å². The molecule has 0 radical (unpaired) electrons. The molecule has 1 aliphatic heterocycles. The number of nitrogens with zero attached hydrogens (tertiary/aromatic N) is 2. The molecule has 1 aromatic rings. The molecule has 0 bridgehead atoms. The molecule has 1 saturated carbocycles. The minimum absolute atomic E-state index is 0. The molecule has 1 fully saturated rings. The van der Waals surface area contributed by atoms with E-state index >= 15 is 0 Å². The van der Waals surface area contributed by atoms with Crippen molar-refractivity contribution >= 4 is 5.84 Å². The molecule has 1 atom stereocenters. The zero-order chi connectivity index (χ0) is 22.1.